The average Bonchev–Trinajstić information content (AvgIpc) is 3.07. The van der Waals surface area contributed by atoms with Gasteiger partial charge in [-0.25, -0.2) is 14.4 Å². The lowest BCUT2D eigenvalue weighted by Gasteiger charge is -2.11. The minimum Gasteiger partial charge on any atom is -0.494 e. The van der Waals surface area contributed by atoms with Crippen LogP contribution in [0, 0.1) is 5.82 Å². The van der Waals surface area contributed by atoms with Crippen molar-refractivity contribution >= 4 is 16.7 Å². The Morgan fingerprint density at radius 2 is 2.30 bits per heavy atom. The van der Waals surface area contributed by atoms with Gasteiger partial charge in [0.1, 0.15) is 12.1 Å². The SMILES string of the molecule is COc1cc2c(NCCCOC3CCOC3)ncnc2cc1F. The molecule has 1 atom stereocenters. The van der Waals surface area contributed by atoms with Crippen molar-refractivity contribution in [3.05, 3.63) is 24.3 Å². The van der Waals surface area contributed by atoms with Crippen molar-refractivity contribution < 1.29 is 18.6 Å². The maximum Gasteiger partial charge on any atom is 0.167 e. The smallest absolute Gasteiger partial charge is 0.167 e. The Kier molecular flexibility index (Phi) is 5.19. The highest BCUT2D eigenvalue weighted by molar-refractivity contribution is 5.90. The molecule has 1 aromatic heterocycles. The Bertz CT molecular complexity index is 662. The minimum atomic E-state index is -0.433. The summed E-state index contributed by atoms with van der Waals surface area (Å²) >= 11 is 0. The van der Waals surface area contributed by atoms with Gasteiger partial charge in [-0.2, -0.15) is 0 Å². The van der Waals surface area contributed by atoms with Crippen LogP contribution in [0.3, 0.4) is 0 Å². The number of anilines is 1. The standard InChI is InChI=1S/C16H20FN3O3/c1-21-15-7-12-14(8-13(15)17)19-10-20-16(12)18-4-2-5-23-11-3-6-22-9-11/h7-8,10-11H,2-6,9H2,1H3,(H,18,19,20). The molecule has 0 radical (unpaired) electrons. The maximum absolute atomic E-state index is 13.7. The van der Waals surface area contributed by atoms with Gasteiger partial charge in [0, 0.05) is 31.2 Å². The van der Waals surface area contributed by atoms with Crippen LogP contribution in [-0.2, 0) is 9.47 Å². The van der Waals surface area contributed by atoms with Crippen LogP contribution in [0.25, 0.3) is 10.9 Å². The third kappa shape index (κ3) is 3.86. The van der Waals surface area contributed by atoms with E-state index in [2.05, 4.69) is 15.3 Å². The van der Waals surface area contributed by atoms with Gasteiger partial charge in [-0.1, -0.05) is 0 Å². The van der Waals surface area contributed by atoms with Crippen molar-refractivity contribution in [2.24, 2.45) is 0 Å². The van der Waals surface area contributed by atoms with Crippen LogP contribution in [-0.4, -0.2) is 49.5 Å². The first-order chi connectivity index (χ1) is 11.3. The average molecular weight is 321 g/mol. The molecule has 7 heteroatoms. The van der Waals surface area contributed by atoms with Crippen LogP contribution in [0.1, 0.15) is 12.8 Å². The molecule has 0 aliphatic carbocycles. The van der Waals surface area contributed by atoms with Crippen molar-refractivity contribution in [3.8, 4) is 5.75 Å². The van der Waals surface area contributed by atoms with Gasteiger partial charge in [0.2, 0.25) is 0 Å². The highest BCUT2D eigenvalue weighted by Crippen LogP contribution is 2.27. The van der Waals surface area contributed by atoms with Gasteiger partial charge in [-0.3, -0.25) is 0 Å². The van der Waals surface area contributed by atoms with Gasteiger partial charge >= 0.3 is 0 Å². The topological polar surface area (TPSA) is 65.5 Å². The molecule has 2 heterocycles. The molecule has 6 nitrogen and oxygen atoms in total. The van der Waals surface area contributed by atoms with E-state index in [1.165, 1.54) is 19.5 Å². The van der Waals surface area contributed by atoms with Gasteiger partial charge in [0.05, 0.1) is 25.3 Å². The van der Waals surface area contributed by atoms with E-state index in [0.717, 1.165) is 24.8 Å². The lowest BCUT2D eigenvalue weighted by molar-refractivity contribution is 0.0427. The van der Waals surface area contributed by atoms with Gasteiger partial charge in [-0.05, 0) is 18.9 Å². The molecule has 1 aromatic carbocycles. The molecule has 3 rings (SSSR count). The van der Waals surface area contributed by atoms with Gasteiger partial charge in [0.15, 0.2) is 11.6 Å². The molecule has 23 heavy (non-hydrogen) atoms. The van der Waals surface area contributed by atoms with Crippen molar-refractivity contribution in [3.63, 3.8) is 0 Å². The normalized spacial score (nSPS) is 17.6. The molecule has 124 valence electrons. The number of methoxy groups -OCH3 is 1. The number of ether oxygens (including phenoxy) is 3. The molecule has 0 saturated carbocycles. The van der Waals surface area contributed by atoms with Crippen LogP contribution in [0.15, 0.2) is 18.5 Å². The number of fused-ring (bicyclic) bond motifs is 1. The molecule has 2 aromatic rings. The molecular formula is C16H20FN3O3. The van der Waals surface area contributed by atoms with Crippen LogP contribution in [0.4, 0.5) is 10.2 Å². The number of benzene rings is 1. The number of hydrogen-bond donors (Lipinski definition) is 1. The molecule has 1 unspecified atom stereocenters. The highest BCUT2D eigenvalue weighted by atomic mass is 19.1. The van der Waals surface area contributed by atoms with Crippen LogP contribution >= 0.6 is 0 Å². The zero-order valence-electron chi connectivity index (χ0n) is 13.0. The molecule has 0 amide bonds. The number of aromatic nitrogens is 2. The van der Waals surface area contributed by atoms with Crippen molar-refractivity contribution in [2.75, 3.05) is 38.8 Å². The molecule has 0 bridgehead atoms. The summed E-state index contributed by atoms with van der Waals surface area (Å²) in [6.07, 6.45) is 3.46. The van der Waals surface area contributed by atoms with Crippen molar-refractivity contribution in [1.82, 2.24) is 9.97 Å². The Labute approximate surface area is 134 Å². The number of halogens is 1. The summed E-state index contributed by atoms with van der Waals surface area (Å²) < 4.78 is 29.7. The lowest BCUT2D eigenvalue weighted by atomic mass is 10.2. The van der Waals surface area contributed by atoms with E-state index in [4.69, 9.17) is 14.2 Å². The predicted molar refractivity (Wildman–Crippen MR) is 84.3 cm³/mol. The number of nitrogens with zero attached hydrogens (tertiary/aromatic N) is 2. The summed E-state index contributed by atoms with van der Waals surface area (Å²) in [4.78, 5) is 8.32. The fourth-order valence-electron chi connectivity index (χ4n) is 2.53. The molecule has 1 N–H and O–H groups in total. The fraction of sp³-hybridized carbons (Fsp3) is 0.500. The van der Waals surface area contributed by atoms with Crippen LogP contribution in [0.2, 0.25) is 0 Å². The molecule has 1 aliphatic rings. The summed E-state index contributed by atoms with van der Waals surface area (Å²) in [6, 6.07) is 2.96. The summed E-state index contributed by atoms with van der Waals surface area (Å²) in [7, 11) is 1.44. The Hall–Kier alpha value is -1.99. The Morgan fingerprint density at radius 3 is 3.09 bits per heavy atom. The largest absolute Gasteiger partial charge is 0.494 e. The van der Waals surface area contributed by atoms with E-state index in [1.807, 2.05) is 0 Å². The van der Waals surface area contributed by atoms with Crippen molar-refractivity contribution in [1.29, 1.82) is 0 Å². The second-order valence-electron chi connectivity index (χ2n) is 5.36. The summed E-state index contributed by atoms with van der Waals surface area (Å²) in [6.45, 7) is 2.85. The summed E-state index contributed by atoms with van der Waals surface area (Å²) in [5.41, 5.74) is 0.542. The maximum atomic E-state index is 13.7. The quantitative estimate of drug-likeness (QED) is 0.790. The second-order valence-corrected chi connectivity index (χ2v) is 5.36. The van der Waals surface area contributed by atoms with E-state index in [1.54, 1.807) is 6.07 Å². The number of rotatable bonds is 7. The second kappa shape index (κ2) is 7.52. The molecule has 1 fully saturated rings. The zero-order chi connectivity index (χ0) is 16.1. The molecule has 1 saturated heterocycles. The predicted octanol–water partition coefficient (Wildman–Crippen LogP) is 2.39. The molecule has 0 spiro atoms. The van der Waals surface area contributed by atoms with E-state index in [0.29, 0.717) is 31.1 Å². The van der Waals surface area contributed by atoms with E-state index in [-0.39, 0.29) is 11.9 Å². The monoisotopic (exact) mass is 321 g/mol. The van der Waals surface area contributed by atoms with Gasteiger partial charge in [-0.15, -0.1) is 0 Å². The third-order valence-corrected chi connectivity index (χ3v) is 3.76. The fourth-order valence-corrected chi connectivity index (χ4v) is 2.53. The van der Waals surface area contributed by atoms with E-state index in [9.17, 15) is 4.39 Å². The summed E-state index contributed by atoms with van der Waals surface area (Å²) in [5.74, 6) is 0.411. The summed E-state index contributed by atoms with van der Waals surface area (Å²) in [5, 5.41) is 3.98. The number of nitrogens with one attached hydrogen (secondary N) is 1. The van der Waals surface area contributed by atoms with E-state index < -0.39 is 5.82 Å². The first-order valence-corrected chi connectivity index (χ1v) is 7.69. The van der Waals surface area contributed by atoms with Gasteiger partial charge in [0.25, 0.3) is 0 Å². The number of hydrogen-bond acceptors (Lipinski definition) is 6. The first kappa shape index (κ1) is 15.9. The minimum absolute atomic E-state index is 0.180. The van der Waals surface area contributed by atoms with Crippen LogP contribution < -0.4 is 10.1 Å². The third-order valence-electron chi connectivity index (χ3n) is 3.76. The Morgan fingerprint density at radius 1 is 1.39 bits per heavy atom. The Balaban J connectivity index is 1.58. The van der Waals surface area contributed by atoms with Crippen molar-refractivity contribution in [2.45, 2.75) is 18.9 Å². The lowest BCUT2D eigenvalue weighted by Crippen LogP contribution is -2.15. The molecule has 1 aliphatic heterocycles. The molecular weight excluding hydrogens is 301 g/mol. The van der Waals surface area contributed by atoms with E-state index >= 15 is 0 Å². The van der Waals surface area contributed by atoms with Crippen LogP contribution in [0.5, 0.6) is 5.75 Å². The zero-order valence-corrected chi connectivity index (χ0v) is 13.0. The first-order valence-electron chi connectivity index (χ1n) is 7.69. The van der Waals surface area contributed by atoms with Gasteiger partial charge < -0.3 is 19.5 Å². The highest BCUT2D eigenvalue weighted by Gasteiger charge is 2.15.